The molecule has 0 atom stereocenters. The molecule has 1 aliphatic rings. The fourth-order valence-corrected chi connectivity index (χ4v) is 6.14. The molecule has 0 unspecified atom stereocenters. The molecule has 1 saturated heterocycles. The number of benzene rings is 2. The number of rotatable bonds is 3. The molecule has 2 heterocycles. The van der Waals surface area contributed by atoms with E-state index in [1.807, 2.05) is 35.9 Å². The van der Waals surface area contributed by atoms with Gasteiger partial charge >= 0.3 is 0 Å². The van der Waals surface area contributed by atoms with Gasteiger partial charge in [0.2, 0.25) is 10.0 Å². The van der Waals surface area contributed by atoms with Gasteiger partial charge in [0, 0.05) is 49.2 Å². The van der Waals surface area contributed by atoms with E-state index in [4.69, 9.17) is 11.6 Å². The minimum Gasteiger partial charge on any atom is -0.339 e. The Bertz CT molecular complexity index is 1160. The fourth-order valence-electron chi connectivity index (χ4n) is 3.64. The molecule has 152 valence electrons. The summed E-state index contributed by atoms with van der Waals surface area (Å²) in [5.74, 6) is -0.115. The highest BCUT2D eigenvalue weighted by Crippen LogP contribution is 2.31. The summed E-state index contributed by atoms with van der Waals surface area (Å²) < 4.78 is 29.8. The van der Waals surface area contributed by atoms with Crippen LogP contribution in [0.15, 0.2) is 57.9 Å². The number of fused-ring (bicyclic) bond motifs is 1. The fraction of sp³-hybridized carbons (Fsp3) is 0.250. The number of halogens is 2. The molecule has 2 aromatic carbocycles. The first-order valence-electron chi connectivity index (χ1n) is 9.08. The average Bonchev–Trinajstić information content (AvgIpc) is 2.98. The van der Waals surface area contributed by atoms with Crippen LogP contribution in [0.1, 0.15) is 10.5 Å². The molecule has 29 heavy (non-hydrogen) atoms. The summed E-state index contributed by atoms with van der Waals surface area (Å²) in [7, 11) is -1.78. The maximum Gasteiger partial charge on any atom is 0.271 e. The number of carbonyl (C=O) groups excluding carboxylic acids is 1. The van der Waals surface area contributed by atoms with Gasteiger partial charge in [0.1, 0.15) is 5.69 Å². The van der Waals surface area contributed by atoms with E-state index in [0.717, 1.165) is 15.4 Å². The third-order valence-corrected chi connectivity index (χ3v) is 8.14. The number of sulfonamides is 1. The van der Waals surface area contributed by atoms with Crippen molar-refractivity contribution in [2.45, 2.75) is 4.90 Å². The molecule has 1 fully saturated rings. The van der Waals surface area contributed by atoms with E-state index in [0.29, 0.717) is 23.8 Å². The number of aromatic nitrogens is 1. The number of piperazine rings is 1. The summed E-state index contributed by atoms with van der Waals surface area (Å²) in [5.41, 5.74) is 1.53. The predicted octanol–water partition coefficient (Wildman–Crippen LogP) is 3.74. The molecule has 6 nitrogen and oxygen atoms in total. The highest BCUT2D eigenvalue weighted by Gasteiger charge is 2.32. The Morgan fingerprint density at radius 2 is 1.72 bits per heavy atom. The summed E-state index contributed by atoms with van der Waals surface area (Å²) in [5, 5.41) is 1.35. The van der Waals surface area contributed by atoms with Crippen molar-refractivity contribution in [2.75, 3.05) is 26.2 Å². The number of hydrogen-bond donors (Lipinski definition) is 0. The van der Waals surface area contributed by atoms with E-state index in [-0.39, 0.29) is 23.9 Å². The molecule has 0 spiro atoms. The van der Waals surface area contributed by atoms with Crippen LogP contribution in [-0.2, 0) is 17.1 Å². The van der Waals surface area contributed by atoms with Crippen molar-refractivity contribution in [3.63, 3.8) is 0 Å². The van der Waals surface area contributed by atoms with Crippen LogP contribution in [0.4, 0.5) is 0 Å². The highest BCUT2D eigenvalue weighted by atomic mass is 79.9. The van der Waals surface area contributed by atoms with E-state index in [2.05, 4.69) is 15.9 Å². The first kappa shape index (κ1) is 20.4. The van der Waals surface area contributed by atoms with Gasteiger partial charge in [-0.1, -0.05) is 35.9 Å². The van der Waals surface area contributed by atoms with Crippen LogP contribution in [0, 0.1) is 0 Å². The van der Waals surface area contributed by atoms with Gasteiger partial charge in [-0.15, -0.1) is 0 Å². The van der Waals surface area contributed by atoms with Gasteiger partial charge in [-0.3, -0.25) is 4.79 Å². The van der Waals surface area contributed by atoms with Crippen LogP contribution in [0.2, 0.25) is 5.02 Å². The lowest BCUT2D eigenvalue weighted by molar-refractivity contribution is 0.0688. The molecule has 0 N–H and O–H groups in total. The van der Waals surface area contributed by atoms with Gasteiger partial charge in [-0.2, -0.15) is 4.31 Å². The summed E-state index contributed by atoms with van der Waals surface area (Å²) in [6.45, 7) is 1.13. The third-order valence-electron chi connectivity index (χ3n) is 5.21. The second-order valence-corrected chi connectivity index (χ2v) is 10.1. The van der Waals surface area contributed by atoms with Gasteiger partial charge < -0.3 is 9.47 Å². The maximum absolute atomic E-state index is 13.2. The van der Waals surface area contributed by atoms with Crippen LogP contribution in [-0.4, -0.2) is 54.3 Å². The van der Waals surface area contributed by atoms with Crippen LogP contribution in [0.5, 0.6) is 0 Å². The SMILES string of the molecule is Cn1c(C(=O)N2CCN(S(=O)(=O)c3cccc(Cl)c3)CC2)c(Br)c2ccccc21. The third kappa shape index (κ3) is 3.59. The molecule has 4 rings (SSSR count). The standard InChI is InChI=1S/C20H19BrClN3O3S/c1-23-17-8-3-2-7-16(17)18(21)19(23)20(26)24-9-11-25(12-10-24)29(27,28)15-6-4-5-14(22)13-15/h2-8,13H,9-12H2,1H3. The molecule has 0 radical (unpaired) electrons. The smallest absolute Gasteiger partial charge is 0.271 e. The molecular weight excluding hydrogens is 478 g/mol. The Kier molecular flexibility index (Phi) is 5.46. The van der Waals surface area contributed by atoms with Crippen LogP contribution in [0.25, 0.3) is 10.9 Å². The second-order valence-electron chi connectivity index (χ2n) is 6.89. The van der Waals surface area contributed by atoms with E-state index in [1.54, 1.807) is 17.0 Å². The molecule has 0 aliphatic carbocycles. The van der Waals surface area contributed by atoms with Crippen molar-refractivity contribution in [1.29, 1.82) is 0 Å². The van der Waals surface area contributed by atoms with Crippen LogP contribution < -0.4 is 0 Å². The van der Waals surface area contributed by atoms with Crippen molar-refractivity contribution in [3.8, 4) is 0 Å². The van der Waals surface area contributed by atoms with Gasteiger partial charge in [0.15, 0.2) is 0 Å². The minimum absolute atomic E-state index is 0.115. The lowest BCUT2D eigenvalue weighted by atomic mass is 10.2. The monoisotopic (exact) mass is 495 g/mol. The average molecular weight is 497 g/mol. The van der Waals surface area contributed by atoms with E-state index in [1.165, 1.54) is 16.4 Å². The molecule has 0 bridgehead atoms. The van der Waals surface area contributed by atoms with Crippen LogP contribution in [0.3, 0.4) is 0 Å². The molecule has 0 saturated carbocycles. The lowest BCUT2D eigenvalue weighted by Crippen LogP contribution is -2.50. The quantitative estimate of drug-likeness (QED) is 0.555. The minimum atomic E-state index is -3.64. The van der Waals surface area contributed by atoms with E-state index in [9.17, 15) is 13.2 Å². The van der Waals surface area contributed by atoms with Crippen molar-refractivity contribution in [3.05, 3.63) is 63.7 Å². The topological polar surface area (TPSA) is 62.6 Å². The maximum atomic E-state index is 13.2. The molecule has 1 amide bonds. The highest BCUT2D eigenvalue weighted by molar-refractivity contribution is 9.10. The van der Waals surface area contributed by atoms with Gasteiger partial charge in [0.05, 0.1) is 9.37 Å². The second kappa shape index (κ2) is 7.75. The van der Waals surface area contributed by atoms with Gasteiger partial charge in [-0.05, 0) is 40.2 Å². The number of nitrogens with zero attached hydrogens (tertiary/aromatic N) is 3. The zero-order valence-corrected chi connectivity index (χ0v) is 18.8. The molecule has 3 aromatic rings. The summed E-state index contributed by atoms with van der Waals surface area (Å²) in [6.07, 6.45) is 0. The van der Waals surface area contributed by atoms with Crippen molar-refractivity contribution >= 4 is 54.4 Å². The molecular formula is C20H19BrClN3O3S. The molecule has 1 aromatic heterocycles. The first-order valence-corrected chi connectivity index (χ1v) is 11.7. The molecule has 9 heteroatoms. The number of hydrogen-bond acceptors (Lipinski definition) is 3. The zero-order valence-electron chi connectivity index (χ0n) is 15.7. The van der Waals surface area contributed by atoms with Crippen LogP contribution >= 0.6 is 27.5 Å². The van der Waals surface area contributed by atoms with Gasteiger partial charge in [-0.25, -0.2) is 8.42 Å². The summed E-state index contributed by atoms with van der Waals surface area (Å²) in [6, 6.07) is 14.0. The Hall–Kier alpha value is -1.87. The van der Waals surface area contributed by atoms with Crippen molar-refractivity contribution < 1.29 is 13.2 Å². The van der Waals surface area contributed by atoms with Crippen molar-refractivity contribution in [1.82, 2.24) is 13.8 Å². The Morgan fingerprint density at radius 3 is 2.38 bits per heavy atom. The Labute approximate surface area is 182 Å². The lowest BCUT2D eigenvalue weighted by Gasteiger charge is -2.34. The van der Waals surface area contributed by atoms with Crippen molar-refractivity contribution in [2.24, 2.45) is 7.05 Å². The van der Waals surface area contributed by atoms with E-state index < -0.39 is 10.0 Å². The number of amides is 1. The number of carbonyl (C=O) groups is 1. The predicted molar refractivity (Wildman–Crippen MR) is 117 cm³/mol. The first-order chi connectivity index (χ1) is 13.8. The normalized spacial score (nSPS) is 15.8. The number of para-hydroxylation sites is 1. The Balaban J connectivity index is 1.54. The number of aryl methyl sites for hydroxylation is 1. The Morgan fingerprint density at radius 1 is 1.03 bits per heavy atom. The van der Waals surface area contributed by atoms with E-state index >= 15 is 0 Å². The largest absolute Gasteiger partial charge is 0.339 e. The summed E-state index contributed by atoms with van der Waals surface area (Å²) in [4.78, 5) is 15.0. The van der Waals surface area contributed by atoms with Gasteiger partial charge in [0.25, 0.3) is 5.91 Å². The molecule has 1 aliphatic heterocycles. The zero-order chi connectivity index (χ0) is 20.8. The summed E-state index contributed by atoms with van der Waals surface area (Å²) >= 11 is 9.51.